The van der Waals surface area contributed by atoms with Crippen LogP contribution in [0.1, 0.15) is 48.8 Å². The van der Waals surface area contributed by atoms with Crippen LogP contribution in [0.3, 0.4) is 0 Å². The molecule has 0 radical (unpaired) electrons. The average Bonchev–Trinajstić information content (AvgIpc) is 2.68. The molecule has 1 aromatic heterocycles. The van der Waals surface area contributed by atoms with E-state index in [-0.39, 0.29) is 18.1 Å². The smallest absolute Gasteiger partial charge is 0.161 e. The van der Waals surface area contributed by atoms with Gasteiger partial charge >= 0.3 is 0 Å². The van der Waals surface area contributed by atoms with Crippen molar-refractivity contribution in [3.8, 4) is 11.5 Å². The molecule has 2 aliphatic rings. The fraction of sp³-hybridized carbons (Fsp3) is 0.450. The molecular weight excluding hydrogens is 330 g/mol. The molecule has 0 saturated heterocycles. The Morgan fingerprint density at radius 1 is 1.15 bits per heavy atom. The third-order valence-corrected chi connectivity index (χ3v) is 5.21. The second-order valence-corrected chi connectivity index (χ2v) is 6.77. The van der Waals surface area contributed by atoms with E-state index in [4.69, 9.17) is 14.5 Å². The molecule has 1 aliphatic carbocycles. The van der Waals surface area contributed by atoms with Crippen molar-refractivity contribution < 1.29 is 14.6 Å². The summed E-state index contributed by atoms with van der Waals surface area (Å²) >= 11 is 0. The Labute approximate surface area is 152 Å². The number of nitrogens with zero attached hydrogens (tertiary/aromatic N) is 3. The van der Waals surface area contributed by atoms with Crippen molar-refractivity contribution in [2.75, 3.05) is 13.7 Å². The largest absolute Gasteiger partial charge is 0.493 e. The zero-order chi connectivity index (χ0) is 18.1. The molecule has 2 aromatic rings. The fourth-order valence-corrected chi connectivity index (χ4v) is 4.02. The zero-order valence-electron chi connectivity index (χ0n) is 15.1. The number of ether oxygens (including phenoxy) is 2. The van der Waals surface area contributed by atoms with Gasteiger partial charge in [0.15, 0.2) is 11.5 Å². The van der Waals surface area contributed by atoms with Crippen LogP contribution < -0.4 is 9.47 Å². The maximum absolute atomic E-state index is 10.2. The van der Waals surface area contributed by atoms with Gasteiger partial charge in [0.1, 0.15) is 6.33 Å². The maximum atomic E-state index is 10.2. The second-order valence-electron chi connectivity index (χ2n) is 6.77. The molecule has 6 heteroatoms. The molecule has 1 saturated carbocycles. The lowest BCUT2D eigenvalue weighted by Gasteiger charge is -2.37. The van der Waals surface area contributed by atoms with Crippen LogP contribution in [0.15, 0.2) is 35.8 Å². The third kappa shape index (κ3) is 2.94. The van der Waals surface area contributed by atoms with Crippen molar-refractivity contribution in [1.29, 1.82) is 0 Å². The Bertz CT molecular complexity index is 823. The van der Waals surface area contributed by atoms with Gasteiger partial charge in [0.05, 0.1) is 31.6 Å². The van der Waals surface area contributed by atoms with Crippen molar-refractivity contribution in [3.05, 3.63) is 47.5 Å². The average molecular weight is 353 g/mol. The number of aliphatic hydroxyl groups is 1. The van der Waals surface area contributed by atoms with Gasteiger partial charge in [-0.25, -0.2) is 9.97 Å². The minimum Gasteiger partial charge on any atom is -0.493 e. The summed E-state index contributed by atoms with van der Waals surface area (Å²) in [4.78, 5) is 13.3. The molecule has 6 nitrogen and oxygen atoms in total. The molecule has 1 fully saturated rings. The van der Waals surface area contributed by atoms with E-state index in [9.17, 15) is 5.11 Å². The van der Waals surface area contributed by atoms with Crippen LogP contribution in [-0.2, 0) is 0 Å². The number of aliphatic hydroxyl groups excluding tert-OH is 1. The quantitative estimate of drug-likeness (QED) is 0.914. The van der Waals surface area contributed by atoms with Crippen molar-refractivity contribution in [3.63, 3.8) is 0 Å². The molecule has 1 aliphatic heterocycles. The van der Waals surface area contributed by atoms with Gasteiger partial charge in [-0.2, -0.15) is 0 Å². The first kappa shape index (κ1) is 17.0. The summed E-state index contributed by atoms with van der Waals surface area (Å²) in [6, 6.07) is 4.21. The van der Waals surface area contributed by atoms with Gasteiger partial charge in [-0.3, -0.25) is 4.99 Å². The number of aromatic nitrogens is 2. The van der Waals surface area contributed by atoms with Gasteiger partial charge in [0.25, 0.3) is 0 Å². The van der Waals surface area contributed by atoms with E-state index in [0.717, 1.165) is 47.4 Å². The molecule has 1 aromatic carbocycles. The van der Waals surface area contributed by atoms with Crippen LogP contribution in [0.4, 0.5) is 0 Å². The van der Waals surface area contributed by atoms with E-state index >= 15 is 0 Å². The minimum absolute atomic E-state index is 0.156. The summed E-state index contributed by atoms with van der Waals surface area (Å²) in [5.41, 5.74) is 3.95. The monoisotopic (exact) mass is 353 g/mol. The van der Waals surface area contributed by atoms with Gasteiger partial charge in [0.2, 0.25) is 0 Å². The Kier molecular flexibility index (Phi) is 4.59. The summed E-state index contributed by atoms with van der Waals surface area (Å²) in [5.74, 6) is 1.61. The first-order valence-electron chi connectivity index (χ1n) is 9.07. The predicted octanol–water partition coefficient (Wildman–Crippen LogP) is 2.73. The fourth-order valence-electron chi connectivity index (χ4n) is 4.02. The molecule has 4 rings (SSSR count). The predicted molar refractivity (Wildman–Crippen MR) is 98.2 cm³/mol. The number of rotatable bonds is 4. The zero-order valence-corrected chi connectivity index (χ0v) is 15.1. The van der Waals surface area contributed by atoms with E-state index in [2.05, 4.69) is 16.0 Å². The molecule has 136 valence electrons. The van der Waals surface area contributed by atoms with E-state index in [1.807, 2.05) is 13.0 Å². The van der Waals surface area contributed by atoms with Crippen molar-refractivity contribution in [1.82, 2.24) is 9.97 Å². The second kappa shape index (κ2) is 7.03. The molecule has 0 spiro atoms. The molecule has 0 amide bonds. The lowest BCUT2D eigenvalue weighted by atomic mass is 9.74. The Morgan fingerprint density at radius 2 is 1.96 bits per heavy atom. The topological polar surface area (TPSA) is 76.8 Å². The maximum Gasteiger partial charge on any atom is 0.161 e. The summed E-state index contributed by atoms with van der Waals surface area (Å²) < 4.78 is 11.3. The third-order valence-electron chi connectivity index (χ3n) is 5.21. The highest BCUT2D eigenvalue weighted by atomic mass is 16.5. The minimum atomic E-state index is -0.279. The number of fused-ring (bicyclic) bond motifs is 3. The van der Waals surface area contributed by atoms with E-state index in [1.165, 1.54) is 6.33 Å². The number of aliphatic imine (C=N–C) groups is 1. The molecule has 2 heterocycles. The van der Waals surface area contributed by atoms with Gasteiger partial charge < -0.3 is 14.6 Å². The standard InChI is InChI=1S/C20H23N3O3/c1-3-26-19-7-14-15-6-13(24)4-5-17(15)23-20(12-9-21-11-22-10-12)16(14)8-18(19)25-2/h7-11,13,15,17,24H,3-6H2,1-2H3/t13-,15-,17?/m1/s1. The summed E-state index contributed by atoms with van der Waals surface area (Å²) in [6.07, 6.45) is 7.20. The molecule has 1 unspecified atom stereocenters. The van der Waals surface area contributed by atoms with Crippen LogP contribution in [0.25, 0.3) is 0 Å². The van der Waals surface area contributed by atoms with E-state index in [0.29, 0.717) is 12.4 Å². The number of hydrogen-bond donors (Lipinski definition) is 1. The lowest BCUT2D eigenvalue weighted by Crippen LogP contribution is -2.34. The number of hydrogen-bond acceptors (Lipinski definition) is 6. The lowest BCUT2D eigenvalue weighted by molar-refractivity contribution is 0.111. The highest BCUT2D eigenvalue weighted by molar-refractivity contribution is 6.14. The molecule has 0 bridgehead atoms. The molecular formula is C20H23N3O3. The summed E-state index contributed by atoms with van der Waals surface area (Å²) in [7, 11) is 1.64. The highest BCUT2D eigenvalue weighted by Gasteiger charge is 2.37. The van der Waals surface area contributed by atoms with Crippen molar-refractivity contribution >= 4 is 5.71 Å². The SMILES string of the molecule is CCOc1cc2c(cc1OC)C(c1cncnc1)=NC1CC[C@@H](O)C[C@H]21. The highest BCUT2D eigenvalue weighted by Crippen LogP contribution is 2.44. The Morgan fingerprint density at radius 3 is 2.69 bits per heavy atom. The Hall–Kier alpha value is -2.47. The molecule has 3 atom stereocenters. The van der Waals surface area contributed by atoms with Gasteiger partial charge in [-0.05, 0) is 43.9 Å². The van der Waals surface area contributed by atoms with Crippen molar-refractivity contribution in [2.45, 2.75) is 44.2 Å². The first-order valence-corrected chi connectivity index (χ1v) is 9.07. The summed E-state index contributed by atoms with van der Waals surface area (Å²) in [5, 5.41) is 10.2. The number of benzene rings is 1. The van der Waals surface area contributed by atoms with E-state index in [1.54, 1.807) is 19.5 Å². The van der Waals surface area contributed by atoms with Crippen LogP contribution >= 0.6 is 0 Å². The summed E-state index contributed by atoms with van der Waals surface area (Å²) in [6.45, 7) is 2.53. The van der Waals surface area contributed by atoms with Gasteiger partial charge in [0, 0.05) is 29.4 Å². The first-order chi connectivity index (χ1) is 12.7. The van der Waals surface area contributed by atoms with Crippen LogP contribution in [0, 0.1) is 0 Å². The van der Waals surface area contributed by atoms with Crippen LogP contribution in [-0.4, -0.2) is 46.6 Å². The molecule has 1 N–H and O–H groups in total. The van der Waals surface area contributed by atoms with Gasteiger partial charge in [-0.1, -0.05) is 0 Å². The van der Waals surface area contributed by atoms with Crippen LogP contribution in [0.5, 0.6) is 11.5 Å². The van der Waals surface area contributed by atoms with Crippen LogP contribution in [0.2, 0.25) is 0 Å². The van der Waals surface area contributed by atoms with Crippen molar-refractivity contribution in [2.24, 2.45) is 4.99 Å². The number of methoxy groups -OCH3 is 1. The van der Waals surface area contributed by atoms with Gasteiger partial charge in [-0.15, -0.1) is 0 Å². The molecule has 26 heavy (non-hydrogen) atoms. The Balaban J connectivity index is 1.89. The normalized spacial score (nSPS) is 24.3. The van der Waals surface area contributed by atoms with E-state index < -0.39 is 0 Å².